The summed E-state index contributed by atoms with van der Waals surface area (Å²) in [6, 6.07) is 5.48. The van der Waals surface area contributed by atoms with Crippen molar-refractivity contribution in [3.8, 4) is 5.75 Å². The summed E-state index contributed by atoms with van der Waals surface area (Å²) < 4.78 is 10.8. The van der Waals surface area contributed by atoms with Crippen molar-refractivity contribution in [2.45, 2.75) is 51.4 Å². The van der Waals surface area contributed by atoms with Gasteiger partial charge in [0.05, 0.1) is 18.8 Å². The first-order chi connectivity index (χ1) is 9.85. The monoisotopic (exact) mass is 294 g/mol. The molecule has 0 fully saturated rings. The molecule has 0 radical (unpaired) electrons. The SMILES string of the molecule is CCOC(=O)C(C)(C)Oc1cccc2c1C[C@H](O)[C@H](O)C2. The lowest BCUT2D eigenvalue weighted by atomic mass is 9.87. The predicted molar refractivity (Wildman–Crippen MR) is 77.2 cm³/mol. The smallest absolute Gasteiger partial charge is 0.349 e. The van der Waals surface area contributed by atoms with E-state index < -0.39 is 23.8 Å². The minimum atomic E-state index is -1.11. The molecule has 2 rings (SSSR count). The summed E-state index contributed by atoms with van der Waals surface area (Å²) in [4.78, 5) is 11.9. The Kier molecular flexibility index (Phi) is 4.54. The third kappa shape index (κ3) is 3.36. The molecule has 2 atom stereocenters. The molecule has 0 amide bonds. The van der Waals surface area contributed by atoms with Crippen LogP contribution >= 0.6 is 0 Å². The van der Waals surface area contributed by atoms with E-state index in [9.17, 15) is 15.0 Å². The number of hydrogen-bond acceptors (Lipinski definition) is 5. The molecule has 0 unspecified atom stereocenters. The molecule has 2 N–H and O–H groups in total. The number of aliphatic hydroxyl groups is 2. The molecular weight excluding hydrogens is 272 g/mol. The number of esters is 1. The molecule has 116 valence electrons. The number of rotatable bonds is 4. The van der Waals surface area contributed by atoms with Crippen molar-refractivity contribution in [3.63, 3.8) is 0 Å². The van der Waals surface area contributed by atoms with E-state index in [2.05, 4.69) is 0 Å². The van der Waals surface area contributed by atoms with Gasteiger partial charge in [0.2, 0.25) is 0 Å². The molecule has 0 aromatic heterocycles. The summed E-state index contributed by atoms with van der Waals surface area (Å²) >= 11 is 0. The van der Waals surface area contributed by atoms with Gasteiger partial charge in [-0.3, -0.25) is 0 Å². The maximum Gasteiger partial charge on any atom is 0.349 e. The molecule has 1 aromatic carbocycles. The van der Waals surface area contributed by atoms with E-state index in [0.717, 1.165) is 11.1 Å². The Morgan fingerprint density at radius 2 is 1.95 bits per heavy atom. The highest BCUT2D eigenvalue weighted by molar-refractivity contribution is 5.79. The summed E-state index contributed by atoms with van der Waals surface area (Å²) in [5, 5.41) is 19.6. The highest BCUT2D eigenvalue weighted by Crippen LogP contribution is 2.32. The van der Waals surface area contributed by atoms with Gasteiger partial charge in [-0.1, -0.05) is 12.1 Å². The molecule has 0 heterocycles. The van der Waals surface area contributed by atoms with Crippen LogP contribution in [0.2, 0.25) is 0 Å². The number of hydrogen-bond donors (Lipinski definition) is 2. The zero-order valence-electron chi connectivity index (χ0n) is 12.6. The number of carbonyl (C=O) groups is 1. The highest BCUT2D eigenvalue weighted by Gasteiger charge is 2.34. The van der Waals surface area contributed by atoms with E-state index in [1.165, 1.54) is 0 Å². The van der Waals surface area contributed by atoms with Crippen molar-refractivity contribution in [3.05, 3.63) is 29.3 Å². The van der Waals surface area contributed by atoms with Crippen LogP contribution in [0.1, 0.15) is 31.9 Å². The van der Waals surface area contributed by atoms with Crippen molar-refractivity contribution in [1.82, 2.24) is 0 Å². The van der Waals surface area contributed by atoms with Crippen LogP contribution in [0.4, 0.5) is 0 Å². The van der Waals surface area contributed by atoms with Crippen LogP contribution in [0, 0.1) is 0 Å². The molecular formula is C16H22O5. The average molecular weight is 294 g/mol. The Morgan fingerprint density at radius 1 is 1.29 bits per heavy atom. The van der Waals surface area contributed by atoms with Gasteiger partial charge in [-0.05, 0) is 32.4 Å². The molecule has 5 nitrogen and oxygen atoms in total. The molecule has 1 aromatic rings. The van der Waals surface area contributed by atoms with Crippen molar-refractivity contribution < 1.29 is 24.5 Å². The molecule has 0 saturated carbocycles. The van der Waals surface area contributed by atoms with Crippen LogP contribution in [-0.4, -0.2) is 40.6 Å². The van der Waals surface area contributed by atoms with Crippen LogP contribution in [0.15, 0.2) is 18.2 Å². The summed E-state index contributed by atoms with van der Waals surface area (Å²) in [5.41, 5.74) is 0.671. The number of carbonyl (C=O) groups excluding carboxylic acids is 1. The van der Waals surface area contributed by atoms with Crippen molar-refractivity contribution in [2.75, 3.05) is 6.61 Å². The Balaban J connectivity index is 2.26. The summed E-state index contributed by atoms with van der Waals surface area (Å²) in [6.07, 6.45) is -0.877. The normalized spacial score (nSPS) is 21.6. The first kappa shape index (κ1) is 15.8. The van der Waals surface area contributed by atoms with Crippen molar-refractivity contribution in [2.24, 2.45) is 0 Å². The van der Waals surface area contributed by atoms with Gasteiger partial charge in [0, 0.05) is 18.4 Å². The summed E-state index contributed by atoms with van der Waals surface area (Å²) in [6.45, 7) is 5.34. The third-order valence-electron chi connectivity index (χ3n) is 3.65. The molecule has 5 heteroatoms. The lowest BCUT2D eigenvalue weighted by Gasteiger charge is -2.30. The Labute approximate surface area is 124 Å². The largest absolute Gasteiger partial charge is 0.476 e. The van der Waals surface area contributed by atoms with Gasteiger partial charge < -0.3 is 19.7 Å². The zero-order chi connectivity index (χ0) is 15.6. The molecule has 0 saturated heterocycles. The lowest BCUT2D eigenvalue weighted by Crippen LogP contribution is -2.41. The fourth-order valence-corrected chi connectivity index (χ4v) is 2.46. The topological polar surface area (TPSA) is 76.0 Å². The van der Waals surface area contributed by atoms with Gasteiger partial charge in [-0.2, -0.15) is 0 Å². The number of benzene rings is 1. The Hall–Kier alpha value is -1.59. The molecule has 0 bridgehead atoms. The lowest BCUT2D eigenvalue weighted by molar-refractivity contribution is -0.158. The summed E-state index contributed by atoms with van der Waals surface area (Å²) in [5.74, 6) is 0.121. The number of aliphatic hydroxyl groups excluding tert-OH is 2. The van der Waals surface area contributed by atoms with E-state index in [0.29, 0.717) is 25.2 Å². The Morgan fingerprint density at radius 3 is 2.62 bits per heavy atom. The van der Waals surface area contributed by atoms with E-state index >= 15 is 0 Å². The van der Waals surface area contributed by atoms with Gasteiger partial charge >= 0.3 is 5.97 Å². The molecule has 0 spiro atoms. The van der Waals surface area contributed by atoms with Crippen LogP contribution < -0.4 is 4.74 Å². The molecule has 21 heavy (non-hydrogen) atoms. The molecule has 0 aliphatic heterocycles. The fraction of sp³-hybridized carbons (Fsp3) is 0.562. The summed E-state index contributed by atoms with van der Waals surface area (Å²) in [7, 11) is 0. The third-order valence-corrected chi connectivity index (χ3v) is 3.65. The molecule has 1 aliphatic rings. The van der Waals surface area contributed by atoms with E-state index in [-0.39, 0.29) is 0 Å². The molecule has 1 aliphatic carbocycles. The quantitative estimate of drug-likeness (QED) is 0.817. The average Bonchev–Trinajstić information content (AvgIpc) is 2.41. The second kappa shape index (κ2) is 6.03. The minimum absolute atomic E-state index is 0.295. The van der Waals surface area contributed by atoms with E-state index in [4.69, 9.17) is 9.47 Å². The first-order valence-electron chi connectivity index (χ1n) is 7.18. The number of ether oxygens (including phenoxy) is 2. The second-order valence-electron chi connectivity index (χ2n) is 5.77. The van der Waals surface area contributed by atoms with Crippen molar-refractivity contribution >= 4 is 5.97 Å². The van der Waals surface area contributed by atoms with E-state index in [1.807, 2.05) is 12.1 Å². The van der Waals surface area contributed by atoms with Crippen LogP contribution in [-0.2, 0) is 22.4 Å². The maximum atomic E-state index is 11.9. The minimum Gasteiger partial charge on any atom is -0.476 e. The number of fused-ring (bicyclic) bond motifs is 1. The van der Waals surface area contributed by atoms with Crippen LogP contribution in [0.5, 0.6) is 5.75 Å². The van der Waals surface area contributed by atoms with E-state index in [1.54, 1.807) is 26.8 Å². The maximum absolute atomic E-state index is 11.9. The first-order valence-corrected chi connectivity index (χ1v) is 7.18. The van der Waals surface area contributed by atoms with Gasteiger partial charge in [0.1, 0.15) is 5.75 Å². The van der Waals surface area contributed by atoms with Crippen LogP contribution in [0.25, 0.3) is 0 Å². The fourth-order valence-electron chi connectivity index (χ4n) is 2.46. The van der Waals surface area contributed by atoms with Gasteiger partial charge in [-0.15, -0.1) is 0 Å². The Bertz CT molecular complexity index is 523. The zero-order valence-corrected chi connectivity index (χ0v) is 12.6. The van der Waals surface area contributed by atoms with Crippen molar-refractivity contribution in [1.29, 1.82) is 0 Å². The second-order valence-corrected chi connectivity index (χ2v) is 5.77. The van der Waals surface area contributed by atoms with Gasteiger partial charge in [0.25, 0.3) is 0 Å². The van der Waals surface area contributed by atoms with Crippen LogP contribution in [0.3, 0.4) is 0 Å². The predicted octanol–water partition coefficient (Wildman–Crippen LogP) is 1.23. The standard InChI is InChI=1S/C16H22O5/c1-4-20-15(19)16(2,3)21-14-7-5-6-10-8-12(17)13(18)9-11(10)14/h5-7,12-13,17-18H,4,8-9H2,1-3H3/t12-,13+/m1/s1. The van der Waals surface area contributed by atoms with Gasteiger partial charge in [-0.25, -0.2) is 4.79 Å². The highest BCUT2D eigenvalue weighted by atomic mass is 16.6. The van der Waals surface area contributed by atoms with Gasteiger partial charge in [0.15, 0.2) is 5.60 Å².